The van der Waals surface area contributed by atoms with E-state index in [1.165, 1.54) is 0 Å². The van der Waals surface area contributed by atoms with Gasteiger partial charge in [-0.25, -0.2) is 4.79 Å². The highest BCUT2D eigenvalue weighted by molar-refractivity contribution is 5.91. The van der Waals surface area contributed by atoms with Gasteiger partial charge in [0.25, 0.3) is 5.91 Å². The normalized spacial score (nSPS) is 10.5. The van der Waals surface area contributed by atoms with Crippen molar-refractivity contribution >= 4 is 17.6 Å². The number of anilines is 1. The number of ether oxygens (including phenoxy) is 2. The van der Waals surface area contributed by atoms with Crippen LogP contribution in [-0.4, -0.2) is 51.8 Å². The molecular weight excluding hydrogens is 296 g/mol. The number of amides is 1. The number of hydrogen-bond acceptors (Lipinski definition) is 5. The van der Waals surface area contributed by atoms with Crippen LogP contribution in [0, 0.1) is 0 Å². The van der Waals surface area contributed by atoms with Gasteiger partial charge in [0, 0.05) is 32.9 Å². The summed E-state index contributed by atoms with van der Waals surface area (Å²) in [6.07, 6.45) is 0.912. The van der Waals surface area contributed by atoms with E-state index in [4.69, 9.17) is 9.47 Å². The monoisotopic (exact) mass is 322 g/mol. The second-order valence-electron chi connectivity index (χ2n) is 5.64. The predicted molar refractivity (Wildman–Crippen MR) is 89.8 cm³/mol. The predicted octanol–water partition coefficient (Wildman–Crippen LogP) is 1.84. The standard InChI is InChI=1S/C17H26N2O4/c1-13(2)22-11-5-10-18-16(20)12-23-17(21)14-6-8-15(9-7-14)19(3)4/h6-9,13H,5,10-12H2,1-4H3,(H,18,20). The molecule has 6 nitrogen and oxygen atoms in total. The van der Waals surface area contributed by atoms with Crippen molar-refractivity contribution in [1.82, 2.24) is 5.32 Å². The Kier molecular flexibility index (Phi) is 8.11. The molecule has 0 aliphatic heterocycles. The second kappa shape index (κ2) is 9.84. The molecule has 128 valence electrons. The first-order valence-electron chi connectivity index (χ1n) is 7.73. The number of rotatable bonds is 9. The third kappa shape index (κ3) is 7.65. The molecule has 0 aromatic heterocycles. The van der Waals surface area contributed by atoms with Crippen LogP contribution in [0.2, 0.25) is 0 Å². The van der Waals surface area contributed by atoms with Crippen molar-refractivity contribution in [3.05, 3.63) is 29.8 Å². The molecule has 0 heterocycles. The van der Waals surface area contributed by atoms with Gasteiger partial charge in [-0.1, -0.05) is 0 Å². The minimum absolute atomic E-state index is 0.186. The summed E-state index contributed by atoms with van der Waals surface area (Å²) < 4.78 is 10.4. The molecular formula is C17H26N2O4. The Morgan fingerprint density at radius 3 is 2.39 bits per heavy atom. The summed E-state index contributed by atoms with van der Waals surface area (Å²) in [6, 6.07) is 7.01. The third-order valence-electron chi connectivity index (χ3n) is 3.05. The summed E-state index contributed by atoms with van der Waals surface area (Å²) in [7, 11) is 3.84. The highest BCUT2D eigenvalue weighted by Gasteiger charge is 2.10. The topological polar surface area (TPSA) is 67.9 Å². The summed E-state index contributed by atoms with van der Waals surface area (Å²) >= 11 is 0. The summed E-state index contributed by atoms with van der Waals surface area (Å²) in [6.45, 7) is 4.74. The lowest BCUT2D eigenvalue weighted by Crippen LogP contribution is -2.30. The lowest BCUT2D eigenvalue weighted by Gasteiger charge is -2.12. The van der Waals surface area contributed by atoms with E-state index in [0.29, 0.717) is 18.7 Å². The molecule has 0 radical (unpaired) electrons. The van der Waals surface area contributed by atoms with Crippen LogP contribution in [0.1, 0.15) is 30.6 Å². The van der Waals surface area contributed by atoms with Crippen molar-refractivity contribution in [2.45, 2.75) is 26.4 Å². The Bertz CT molecular complexity index is 498. The number of nitrogens with zero attached hydrogens (tertiary/aromatic N) is 1. The van der Waals surface area contributed by atoms with Crippen LogP contribution in [0.25, 0.3) is 0 Å². The molecule has 0 fully saturated rings. The Balaban J connectivity index is 2.25. The summed E-state index contributed by atoms with van der Waals surface area (Å²) in [5.74, 6) is -0.818. The lowest BCUT2D eigenvalue weighted by molar-refractivity contribution is -0.124. The van der Waals surface area contributed by atoms with E-state index in [9.17, 15) is 9.59 Å². The van der Waals surface area contributed by atoms with Crippen molar-refractivity contribution in [1.29, 1.82) is 0 Å². The largest absolute Gasteiger partial charge is 0.452 e. The highest BCUT2D eigenvalue weighted by atomic mass is 16.5. The molecule has 1 aromatic rings. The van der Waals surface area contributed by atoms with E-state index in [2.05, 4.69) is 5.32 Å². The quantitative estimate of drug-likeness (QED) is 0.555. The molecule has 1 aromatic carbocycles. The highest BCUT2D eigenvalue weighted by Crippen LogP contribution is 2.12. The zero-order valence-corrected chi connectivity index (χ0v) is 14.3. The number of carbonyl (C=O) groups excluding carboxylic acids is 2. The number of nitrogens with one attached hydrogen (secondary N) is 1. The van der Waals surface area contributed by atoms with E-state index >= 15 is 0 Å². The SMILES string of the molecule is CC(C)OCCCNC(=O)COC(=O)c1ccc(N(C)C)cc1. The van der Waals surface area contributed by atoms with Crippen LogP contribution >= 0.6 is 0 Å². The van der Waals surface area contributed by atoms with Crippen LogP contribution in [0.5, 0.6) is 0 Å². The fourth-order valence-electron chi connectivity index (χ4n) is 1.78. The zero-order chi connectivity index (χ0) is 17.2. The van der Waals surface area contributed by atoms with Gasteiger partial charge in [-0.15, -0.1) is 0 Å². The molecule has 0 saturated heterocycles. The van der Waals surface area contributed by atoms with Gasteiger partial charge in [0.2, 0.25) is 0 Å². The minimum atomic E-state index is -0.506. The molecule has 6 heteroatoms. The van der Waals surface area contributed by atoms with Gasteiger partial charge < -0.3 is 19.7 Å². The fraction of sp³-hybridized carbons (Fsp3) is 0.529. The van der Waals surface area contributed by atoms with Crippen LogP contribution in [0.3, 0.4) is 0 Å². The molecule has 0 atom stereocenters. The van der Waals surface area contributed by atoms with Gasteiger partial charge in [0.15, 0.2) is 6.61 Å². The number of carbonyl (C=O) groups is 2. The maximum Gasteiger partial charge on any atom is 0.338 e. The number of esters is 1. The maximum atomic E-state index is 11.8. The van der Waals surface area contributed by atoms with E-state index < -0.39 is 5.97 Å². The summed E-state index contributed by atoms with van der Waals surface area (Å²) in [4.78, 5) is 25.4. The van der Waals surface area contributed by atoms with Crippen LogP contribution in [0.4, 0.5) is 5.69 Å². The van der Waals surface area contributed by atoms with E-state index in [0.717, 1.165) is 12.1 Å². The molecule has 23 heavy (non-hydrogen) atoms. The van der Waals surface area contributed by atoms with Gasteiger partial charge in [-0.3, -0.25) is 4.79 Å². The van der Waals surface area contributed by atoms with Crippen molar-refractivity contribution in [3.8, 4) is 0 Å². The van der Waals surface area contributed by atoms with Gasteiger partial charge in [-0.2, -0.15) is 0 Å². The van der Waals surface area contributed by atoms with Crippen LogP contribution in [0.15, 0.2) is 24.3 Å². The molecule has 1 amide bonds. The Morgan fingerprint density at radius 1 is 1.17 bits per heavy atom. The number of hydrogen-bond donors (Lipinski definition) is 1. The first-order valence-corrected chi connectivity index (χ1v) is 7.73. The van der Waals surface area contributed by atoms with Gasteiger partial charge in [-0.05, 0) is 44.5 Å². The average Bonchev–Trinajstić information content (AvgIpc) is 2.52. The second-order valence-corrected chi connectivity index (χ2v) is 5.64. The lowest BCUT2D eigenvalue weighted by atomic mass is 10.2. The fourth-order valence-corrected chi connectivity index (χ4v) is 1.78. The Hall–Kier alpha value is -2.08. The Labute approximate surface area is 137 Å². The van der Waals surface area contributed by atoms with Crippen LogP contribution in [-0.2, 0) is 14.3 Å². The molecule has 0 aliphatic rings. The molecule has 0 unspecified atom stereocenters. The van der Waals surface area contributed by atoms with E-state index in [1.54, 1.807) is 12.1 Å². The van der Waals surface area contributed by atoms with E-state index in [-0.39, 0.29) is 18.6 Å². The van der Waals surface area contributed by atoms with Gasteiger partial charge in [0.1, 0.15) is 0 Å². The molecule has 0 spiro atoms. The van der Waals surface area contributed by atoms with E-state index in [1.807, 2.05) is 45.0 Å². The molecule has 0 saturated carbocycles. The molecule has 0 aliphatic carbocycles. The van der Waals surface area contributed by atoms with Gasteiger partial charge in [0.05, 0.1) is 11.7 Å². The first-order chi connectivity index (χ1) is 10.9. The molecule has 1 rings (SSSR count). The van der Waals surface area contributed by atoms with Gasteiger partial charge >= 0.3 is 5.97 Å². The molecule has 0 bridgehead atoms. The minimum Gasteiger partial charge on any atom is -0.452 e. The van der Waals surface area contributed by atoms with Crippen LogP contribution < -0.4 is 10.2 Å². The number of benzene rings is 1. The van der Waals surface area contributed by atoms with Crippen molar-refractivity contribution in [3.63, 3.8) is 0 Å². The Morgan fingerprint density at radius 2 is 1.83 bits per heavy atom. The summed E-state index contributed by atoms with van der Waals surface area (Å²) in [5, 5.41) is 2.68. The zero-order valence-electron chi connectivity index (χ0n) is 14.3. The average molecular weight is 322 g/mol. The van der Waals surface area contributed by atoms with Crippen molar-refractivity contribution < 1.29 is 19.1 Å². The maximum absolute atomic E-state index is 11.8. The third-order valence-corrected chi connectivity index (χ3v) is 3.05. The smallest absolute Gasteiger partial charge is 0.338 e. The first kappa shape index (κ1) is 19.0. The van der Waals surface area contributed by atoms with Crippen molar-refractivity contribution in [2.24, 2.45) is 0 Å². The summed E-state index contributed by atoms with van der Waals surface area (Å²) in [5.41, 5.74) is 1.41. The molecule has 1 N–H and O–H groups in total. The van der Waals surface area contributed by atoms with Crippen molar-refractivity contribution in [2.75, 3.05) is 38.8 Å².